The van der Waals surface area contributed by atoms with Gasteiger partial charge in [0.15, 0.2) is 24.6 Å². The van der Waals surface area contributed by atoms with E-state index in [-0.39, 0.29) is 0 Å². The largest absolute Gasteiger partial charge is 0.454 e. The lowest BCUT2D eigenvalue weighted by Crippen LogP contribution is -2.65. The molecule has 0 saturated carbocycles. The van der Waals surface area contributed by atoms with Crippen LogP contribution in [0.25, 0.3) is 0 Å². The van der Waals surface area contributed by atoms with Gasteiger partial charge in [-0.05, 0) is 141 Å². The zero-order valence-electron chi connectivity index (χ0n) is 56.2. The van der Waals surface area contributed by atoms with Gasteiger partial charge in [-0.3, -0.25) is 0 Å². The van der Waals surface area contributed by atoms with Crippen LogP contribution in [0.1, 0.15) is 141 Å². The minimum atomic E-state index is -2.20. The van der Waals surface area contributed by atoms with Crippen molar-refractivity contribution >= 4 is 54.5 Å². The third kappa shape index (κ3) is 26.1. The Morgan fingerprint density at radius 2 is 0.641 bits per heavy atom. The summed E-state index contributed by atoms with van der Waals surface area (Å²) in [5.74, 6) is -4.15. The third-order valence-corrected chi connectivity index (χ3v) is 12.1. The molecule has 0 spiro atoms. The van der Waals surface area contributed by atoms with Gasteiger partial charge in [0.1, 0.15) is 63.4 Å². The quantitative estimate of drug-likeness (QED) is 0.0312. The van der Waals surface area contributed by atoms with Crippen molar-refractivity contribution in [2.75, 3.05) is 33.4 Å². The maximum atomic E-state index is 15.3. The highest BCUT2D eigenvalue weighted by atomic mass is 16.7. The Kier molecular flexibility index (Phi) is 26.6. The van der Waals surface area contributed by atoms with Gasteiger partial charge in [0.25, 0.3) is 0 Å². The minimum Gasteiger partial charge on any atom is -0.454 e. The van der Waals surface area contributed by atoms with Crippen LogP contribution < -0.4 is 31.9 Å². The number of methoxy groups -OCH3 is 1. The Labute approximate surface area is 538 Å². The summed E-state index contributed by atoms with van der Waals surface area (Å²) in [6.07, 6.45) is -16.6. The summed E-state index contributed by atoms with van der Waals surface area (Å²) in [5.41, 5.74) is -6.28. The molecule has 6 N–H and O–H groups in total. The summed E-state index contributed by atoms with van der Waals surface area (Å²) < 4.78 is 71.7. The van der Waals surface area contributed by atoms with Gasteiger partial charge in [-0.2, -0.15) is 0 Å². The highest BCUT2D eigenvalue weighted by Gasteiger charge is 2.55. The molecule has 27 heteroatoms. The van der Waals surface area contributed by atoms with E-state index < -0.39 is 169 Å². The molecule has 0 unspecified atom stereocenters. The zero-order chi connectivity index (χ0) is 69.2. The molecule has 0 bridgehead atoms. The smallest absolute Gasteiger partial charge is 0.408 e. The van der Waals surface area contributed by atoms with Gasteiger partial charge < -0.3 is 88.7 Å². The molecule has 8 atom stereocenters. The predicted molar refractivity (Wildman–Crippen MR) is 333 cm³/mol. The molecule has 1 heterocycles. The van der Waals surface area contributed by atoms with Gasteiger partial charge in [0, 0.05) is 7.11 Å². The number of carbonyl (C=O) groups excluding carboxylic acids is 9. The fourth-order valence-electron chi connectivity index (χ4n) is 8.66. The van der Waals surface area contributed by atoms with Crippen molar-refractivity contribution < 1.29 is 100.0 Å². The Morgan fingerprint density at radius 3 is 0.913 bits per heavy atom. The number of ether oxygens (including phenoxy) is 12. The Bertz CT molecular complexity index is 2850. The number of alkyl carbamates (subject to hydrolysis) is 6. The monoisotopic (exact) mass is 1290 g/mol. The minimum absolute atomic E-state index is 0.590. The topological polar surface area (TPSA) is 337 Å². The molecule has 27 nitrogen and oxygen atoms in total. The summed E-state index contributed by atoms with van der Waals surface area (Å²) in [6, 6.07) is 21.5. The summed E-state index contributed by atoms with van der Waals surface area (Å²) in [7, 11) is 1.14. The van der Waals surface area contributed by atoms with Gasteiger partial charge in [-0.25, -0.2) is 43.2 Å². The van der Waals surface area contributed by atoms with Gasteiger partial charge >= 0.3 is 54.5 Å². The van der Waals surface area contributed by atoms with E-state index in [9.17, 15) is 28.8 Å². The van der Waals surface area contributed by atoms with E-state index in [2.05, 4.69) is 31.9 Å². The molecule has 1 fully saturated rings. The molecule has 0 aromatic heterocycles. The molecule has 1 aliphatic heterocycles. The van der Waals surface area contributed by atoms with E-state index in [0.717, 1.165) is 7.11 Å². The van der Waals surface area contributed by atoms with Gasteiger partial charge in [-0.1, -0.05) is 91.0 Å². The van der Waals surface area contributed by atoms with E-state index in [4.69, 9.17) is 56.8 Å². The third-order valence-electron chi connectivity index (χ3n) is 12.1. The Hall–Kier alpha value is -8.43. The molecule has 0 radical (unpaired) electrons. The molecule has 4 rings (SSSR count). The van der Waals surface area contributed by atoms with Crippen molar-refractivity contribution in [3.63, 3.8) is 0 Å². The van der Waals surface area contributed by atoms with Crippen LogP contribution in [-0.4, -0.2) is 170 Å². The molecular weight excluding hydrogens is 1200 g/mol. The molecule has 3 aromatic rings. The molecule has 0 aliphatic carbocycles. The number of carbonyl (C=O) groups is 9. The zero-order valence-corrected chi connectivity index (χ0v) is 56.2. The fraction of sp³-hybridized carbons (Fsp3) is 0.585. The van der Waals surface area contributed by atoms with Crippen LogP contribution in [0.3, 0.4) is 0 Å². The van der Waals surface area contributed by atoms with E-state index in [1.165, 1.54) is 0 Å². The number of rotatable bonds is 22. The molecule has 92 heavy (non-hydrogen) atoms. The number of amides is 6. The van der Waals surface area contributed by atoms with Crippen LogP contribution in [0.4, 0.5) is 28.8 Å². The molecule has 1 aliphatic rings. The van der Waals surface area contributed by atoms with Crippen LogP contribution in [0, 0.1) is 0 Å². The van der Waals surface area contributed by atoms with E-state index >= 15 is 14.4 Å². The van der Waals surface area contributed by atoms with Crippen molar-refractivity contribution in [1.82, 2.24) is 31.9 Å². The average molecular weight is 1300 g/mol. The summed E-state index contributed by atoms with van der Waals surface area (Å²) >= 11 is 0. The molecular formula is C65H94N6O21. The van der Waals surface area contributed by atoms with E-state index in [1.807, 2.05) is 54.6 Å². The average Bonchev–Trinajstić information content (AvgIpc) is 0.759. The SMILES string of the molecule is CO[C@H]1O[C@H](COC(c2ccccc2)(c2ccccc2)c2ccccc2)[C@@H](OC(=O)[C@H](CNC(=O)OC(C)(C)C)NC(=O)OC(C)(C)C)[C@H](OC(=O)[C@H](CNC(=O)OC(C)(C)C)NC(=O)OC(C)(C)C)[C@@H]1OC(=O)[C@H](CNC(=O)OC(C)(C)C)NC(=O)OC(C)(C)C. The van der Waals surface area contributed by atoms with Crippen molar-refractivity contribution in [3.05, 3.63) is 108 Å². The van der Waals surface area contributed by atoms with Crippen LogP contribution in [-0.2, 0) is 76.8 Å². The number of hydrogen-bond donors (Lipinski definition) is 6. The molecule has 1 saturated heterocycles. The van der Waals surface area contributed by atoms with Gasteiger partial charge in [0.2, 0.25) is 0 Å². The summed E-state index contributed by atoms with van der Waals surface area (Å²) in [5, 5.41) is 14.5. The standard InChI is InChI=1S/C65H94N6O21/c1-59(2,3)87-53(75)66-35-42(69-56(78)90-62(10,11)12)49(72)84-46-45(38-82-65(39-29-23-20-24-30-39,40-31-25-21-26-32-40)41-33-27-22-28-34-41)83-52(81-19)48(86-51(74)44(71-58(80)92-64(16,17)18)37-68-55(77)89-61(7,8)9)47(46)85-50(73)43(70-57(79)91-63(13,14)15)36-67-54(76)88-60(4,5)6/h20-34,42-48,52H,35-38H2,1-19H3,(H,66,75)(H,67,76)(H,68,77)(H,69,78)(H,70,79)(H,71,80)/t42-,43-,44-,45+,46+,47-,48-,52-/m0/s1. The second-order valence-corrected chi connectivity index (χ2v) is 27.3. The predicted octanol–water partition coefficient (Wildman–Crippen LogP) is 8.36. The van der Waals surface area contributed by atoms with Crippen LogP contribution in [0.5, 0.6) is 0 Å². The lowest BCUT2D eigenvalue weighted by Gasteiger charge is -2.46. The fourth-order valence-corrected chi connectivity index (χ4v) is 8.66. The first kappa shape index (κ1) is 76.0. The molecule has 6 amide bonds. The summed E-state index contributed by atoms with van der Waals surface area (Å²) in [4.78, 5) is 126. The lowest BCUT2D eigenvalue weighted by atomic mass is 9.80. The summed E-state index contributed by atoms with van der Waals surface area (Å²) in [6.45, 7) is 25.5. The van der Waals surface area contributed by atoms with Crippen LogP contribution in [0.2, 0.25) is 0 Å². The highest BCUT2D eigenvalue weighted by molar-refractivity contribution is 5.85. The Balaban J connectivity index is 2.10. The number of nitrogens with one attached hydrogen (secondary N) is 6. The molecule has 510 valence electrons. The van der Waals surface area contributed by atoms with E-state index in [0.29, 0.717) is 16.7 Å². The first-order valence-corrected chi connectivity index (χ1v) is 30.0. The van der Waals surface area contributed by atoms with Crippen molar-refractivity contribution in [1.29, 1.82) is 0 Å². The second kappa shape index (κ2) is 32.2. The molecule has 3 aromatic carbocycles. The van der Waals surface area contributed by atoms with Gasteiger partial charge in [0.05, 0.1) is 26.2 Å². The first-order chi connectivity index (χ1) is 42.5. The maximum Gasteiger partial charge on any atom is 0.408 e. The Morgan fingerprint density at radius 1 is 0.380 bits per heavy atom. The van der Waals surface area contributed by atoms with Crippen molar-refractivity contribution in [2.45, 2.75) is 213 Å². The maximum absolute atomic E-state index is 15.3. The van der Waals surface area contributed by atoms with Crippen molar-refractivity contribution in [3.8, 4) is 0 Å². The number of benzene rings is 3. The van der Waals surface area contributed by atoms with Crippen molar-refractivity contribution in [2.24, 2.45) is 0 Å². The van der Waals surface area contributed by atoms with Crippen LogP contribution in [0.15, 0.2) is 91.0 Å². The number of hydrogen-bond acceptors (Lipinski definition) is 21. The highest BCUT2D eigenvalue weighted by Crippen LogP contribution is 2.42. The lowest BCUT2D eigenvalue weighted by molar-refractivity contribution is -0.307. The van der Waals surface area contributed by atoms with E-state index in [1.54, 1.807) is 161 Å². The first-order valence-electron chi connectivity index (χ1n) is 30.0. The second-order valence-electron chi connectivity index (χ2n) is 27.3. The van der Waals surface area contributed by atoms with Gasteiger partial charge in [-0.15, -0.1) is 0 Å². The normalized spacial score (nSPS) is 18.1. The number of esters is 3. The van der Waals surface area contributed by atoms with Crippen LogP contribution >= 0.6 is 0 Å².